The van der Waals surface area contributed by atoms with Crippen LogP contribution in [0.15, 0.2) is 48.5 Å². The van der Waals surface area contributed by atoms with Gasteiger partial charge in [-0.15, -0.1) is 0 Å². The zero-order valence-electron chi connectivity index (χ0n) is 17.5. The summed E-state index contributed by atoms with van der Waals surface area (Å²) in [6.45, 7) is 8.95. The number of hydrogen-bond acceptors (Lipinski definition) is 2. The van der Waals surface area contributed by atoms with Crippen LogP contribution in [0.4, 0.5) is 0 Å². The van der Waals surface area contributed by atoms with Gasteiger partial charge in [-0.2, -0.15) is 0 Å². The molecule has 0 aliphatic heterocycles. The van der Waals surface area contributed by atoms with Crippen molar-refractivity contribution in [2.24, 2.45) is 0 Å². The number of likely N-dealkylation sites (N-methyl/N-ethyl adjacent to an activating group) is 1. The lowest BCUT2D eigenvalue weighted by atomic mass is 10.0. The monoisotopic (exact) mass is 380 g/mol. The smallest absolute Gasteiger partial charge is 0.242 e. The van der Waals surface area contributed by atoms with Gasteiger partial charge in [0.25, 0.3) is 0 Å². The number of benzene rings is 2. The molecule has 0 spiro atoms. The summed E-state index contributed by atoms with van der Waals surface area (Å²) in [6, 6.07) is 15.9. The second kappa shape index (κ2) is 10.6. The molecule has 0 aliphatic carbocycles. The van der Waals surface area contributed by atoms with Gasteiger partial charge in [-0.05, 0) is 44.7 Å². The molecular weight excluding hydrogens is 348 g/mol. The number of nitrogens with zero attached hydrogens (tertiary/aromatic N) is 1. The molecule has 0 heterocycles. The molecule has 2 aromatic rings. The second-order valence-electron chi connectivity index (χ2n) is 7.31. The average molecular weight is 381 g/mol. The molecule has 2 aromatic carbocycles. The fourth-order valence-electron chi connectivity index (χ4n) is 3.37. The fourth-order valence-corrected chi connectivity index (χ4v) is 3.37. The molecule has 4 nitrogen and oxygen atoms in total. The van der Waals surface area contributed by atoms with Crippen LogP contribution in [0.2, 0.25) is 0 Å². The summed E-state index contributed by atoms with van der Waals surface area (Å²) >= 11 is 0. The van der Waals surface area contributed by atoms with Crippen LogP contribution in [0, 0.1) is 13.8 Å². The van der Waals surface area contributed by atoms with Crippen LogP contribution < -0.4 is 5.32 Å². The van der Waals surface area contributed by atoms with Crippen LogP contribution >= 0.6 is 0 Å². The van der Waals surface area contributed by atoms with Gasteiger partial charge in [0.15, 0.2) is 0 Å². The van der Waals surface area contributed by atoms with Crippen LogP contribution in [0.1, 0.15) is 48.9 Å². The van der Waals surface area contributed by atoms with Gasteiger partial charge in [0.05, 0.1) is 0 Å². The van der Waals surface area contributed by atoms with E-state index in [9.17, 15) is 9.59 Å². The Morgan fingerprint density at radius 3 is 2.29 bits per heavy atom. The average Bonchev–Trinajstić information content (AvgIpc) is 2.67. The van der Waals surface area contributed by atoms with Crippen molar-refractivity contribution >= 4 is 11.8 Å². The van der Waals surface area contributed by atoms with Gasteiger partial charge in [-0.1, -0.05) is 66.6 Å². The van der Waals surface area contributed by atoms with E-state index < -0.39 is 6.04 Å². The third kappa shape index (κ3) is 6.22. The topological polar surface area (TPSA) is 49.4 Å². The first kappa shape index (κ1) is 21.7. The molecule has 0 radical (unpaired) electrons. The van der Waals surface area contributed by atoms with Crippen molar-refractivity contribution < 1.29 is 9.59 Å². The molecule has 2 rings (SSSR count). The van der Waals surface area contributed by atoms with E-state index in [0.717, 1.165) is 16.7 Å². The maximum absolute atomic E-state index is 13.1. The van der Waals surface area contributed by atoms with E-state index in [1.54, 1.807) is 4.90 Å². The lowest BCUT2D eigenvalue weighted by Gasteiger charge is -2.30. The minimum Gasteiger partial charge on any atom is -0.355 e. The predicted octanol–water partition coefficient (Wildman–Crippen LogP) is 4.18. The van der Waals surface area contributed by atoms with E-state index in [-0.39, 0.29) is 11.8 Å². The Morgan fingerprint density at radius 2 is 1.68 bits per heavy atom. The summed E-state index contributed by atoms with van der Waals surface area (Å²) in [7, 11) is 0. The summed E-state index contributed by atoms with van der Waals surface area (Å²) in [4.78, 5) is 27.5. The van der Waals surface area contributed by atoms with Crippen molar-refractivity contribution in [2.75, 3.05) is 6.54 Å². The number of carbonyl (C=O) groups excluding carboxylic acids is 2. The number of nitrogens with one attached hydrogen (secondary N) is 1. The lowest BCUT2D eigenvalue weighted by Crippen LogP contribution is -2.49. The molecule has 1 N–H and O–H groups in total. The van der Waals surface area contributed by atoms with Crippen LogP contribution in [0.3, 0.4) is 0 Å². The minimum atomic E-state index is -0.453. The van der Waals surface area contributed by atoms with Gasteiger partial charge in [0.1, 0.15) is 6.04 Å². The highest BCUT2D eigenvalue weighted by Crippen LogP contribution is 2.16. The van der Waals surface area contributed by atoms with Crippen molar-refractivity contribution in [3.8, 4) is 0 Å². The first-order chi connectivity index (χ1) is 13.4. The minimum absolute atomic E-state index is 0.0141. The Kier molecular flexibility index (Phi) is 8.24. The summed E-state index contributed by atoms with van der Waals surface area (Å²) in [5, 5.41) is 2.88. The summed E-state index contributed by atoms with van der Waals surface area (Å²) < 4.78 is 0. The van der Waals surface area contributed by atoms with Crippen molar-refractivity contribution in [3.63, 3.8) is 0 Å². The lowest BCUT2D eigenvalue weighted by molar-refractivity contribution is -0.141. The van der Waals surface area contributed by atoms with Gasteiger partial charge < -0.3 is 10.2 Å². The number of hydrogen-bond donors (Lipinski definition) is 1. The van der Waals surface area contributed by atoms with E-state index in [2.05, 4.69) is 42.6 Å². The van der Waals surface area contributed by atoms with Gasteiger partial charge in [0.2, 0.25) is 11.8 Å². The number of rotatable bonds is 9. The van der Waals surface area contributed by atoms with Gasteiger partial charge >= 0.3 is 0 Å². The molecule has 0 unspecified atom stereocenters. The highest BCUT2D eigenvalue weighted by Gasteiger charge is 2.28. The molecule has 28 heavy (non-hydrogen) atoms. The first-order valence-corrected chi connectivity index (χ1v) is 10.1. The molecule has 0 saturated carbocycles. The quantitative estimate of drug-likeness (QED) is 0.709. The molecule has 0 fully saturated rings. The maximum Gasteiger partial charge on any atom is 0.242 e. The molecule has 0 bridgehead atoms. The highest BCUT2D eigenvalue weighted by molar-refractivity contribution is 5.87. The molecular formula is C24H32N2O2. The third-order valence-electron chi connectivity index (χ3n) is 4.92. The number of aryl methyl sites for hydroxylation is 3. The van der Waals surface area contributed by atoms with Crippen molar-refractivity contribution in [3.05, 3.63) is 70.8 Å². The Hall–Kier alpha value is -2.62. The predicted molar refractivity (Wildman–Crippen MR) is 114 cm³/mol. The van der Waals surface area contributed by atoms with Gasteiger partial charge in [-0.3, -0.25) is 9.59 Å². The summed E-state index contributed by atoms with van der Waals surface area (Å²) in [5.41, 5.74) is 4.54. The SMILES string of the molecule is CCNC(=O)[C@H](CC)N(Cc1cccc(C)c1)C(=O)CCc1ccc(C)cc1. The van der Waals surface area contributed by atoms with E-state index in [0.29, 0.717) is 32.4 Å². The zero-order valence-corrected chi connectivity index (χ0v) is 17.5. The van der Waals surface area contributed by atoms with Crippen molar-refractivity contribution in [1.29, 1.82) is 0 Å². The normalized spacial score (nSPS) is 11.7. The van der Waals surface area contributed by atoms with Gasteiger partial charge in [0, 0.05) is 19.5 Å². The first-order valence-electron chi connectivity index (χ1n) is 10.1. The van der Waals surface area contributed by atoms with Crippen LogP contribution in [-0.4, -0.2) is 29.3 Å². The van der Waals surface area contributed by atoms with Crippen LogP contribution in [0.5, 0.6) is 0 Å². The van der Waals surface area contributed by atoms with Crippen LogP contribution in [-0.2, 0) is 22.6 Å². The molecule has 4 heteroatoms. The zero-order chi connectivity index (χ0) is 20.5. The summed E-state index contributed by atoms with van der Waals surface area (Å²) in [6.07, 6.45) is 1.66. The molecule has 0 aromatic heterocycles. The van der Waals surface area contributed by atoms with Crippen LogP contribution in [0.25, 0.3) is 0 Å². The second-order valence-corrected chi connectivity index (χ2v) is 7.31. The number of carbonyl (C=O) groups is 2. The summed E-state index contributed by atoms with van der Waals surface area (Å²) in [5.74, 6) is -0.0680. The molecule has 150 valence electrons. The highest BCUT2D eigenvalue weighted by atomic mass is 16.2. The van der Waals surface area contributed by atoms with E-state index in [4.69, 9.17) is 0 Å². The molecule has 0 saturated heterocycles. The van der Waals surface area contributed by atoms with E-state index in [1.165, 1.54) is 5.56 Å². The number of amides is 2. The largest absolute Gasteiger partial charge is 0.355 e. The Bertz CT molecular complexity index is 783. The van der Waals surface area contributed by atoms with Crippen molar-refractivity contribution in [1.82, 2.24) is 10.2 Å². The Balaban J connectivity index is 2.18. The molecule has 1 atom stereocenters. The Morgan fingerprint density at radius 1 is 0.964 bits per heavy atom. The maximum atomic E-state index is 13.1. The Labute approximate surface area is 169 Å². The molecule has 2 amide bonds. The van der Waals surface area contributed by atoms with E-state index in [1.807, 2.05) is 39.0 Å². The van der Waals surface area contributed by atoms with E-state index >= 15 is 0 Å². The van der Waals surface area contributed by atoms with Crippen molar-refractivity contribution in [2.45, 2.75) is 59.5 Å². The fraction of sp³-hybridized carbons (Fsp3) is 0.417. The molecule has 0 aliphatic rings. The third-order valence-corrected chi connectivity index (χ3v) is 4.92. The standard InChI is InChI=1S/C24H32N2O2/c1-5-22(24(28)25-6-2)26(17-21-9-7-8-19(4)16-21)23(27)15-14-20-12-10-18(3)11-13-20/h7-13,16,22H,5-6,14-15,17H2,1-4H3,(H,25,28)/t22-/m0/s1. The van der Waals surface area contributed by atoms with Gasteiger partial charge in [-0.25, -0.2) is 0 Å².